The highest BCUT2D eigenvalue weighted by molar-refractivity contribution is 7.15. The van der Waals surface area contributed by atoms with Crippen molar-refractivity contribution in [3.63, 3.8) is 0 Å². The van der Waals surface area contributed by atoms with Crippen LogP contribution in [0.3, 0.4) is 0 Å². The van der Waals surface area contributed by atoms with Crippen LogP contribution in [0.1, 0.15) is 34.3 Å². The van der Waals surface area contributed by atoms with E-state index in [9.17, 15) is 4.79 Å². The first-order valence-electron chi connectivity index (χ1n) is 6.42. The molecule has 3 rings (SSSR count). The van der Waals surface area contributed by atoms with Crippen molar-refractivity contribution in [1.29, 1.82) is 0 Å². The van der Waals surface area contributed by atoms with E-state index in [0.29, 0.717) is 10.7 Å². The second kappa shape index (κ2) is 5.09. The lowest BCUT2D eigenvalue weighted by Crippen LogP contribution is -2.11. The number of rotatable bonds is 2. The van der Waals surface area contributed by atoms with E-state index in [4.69, 9.17) is 0 Å². The van der Waals surface area contributed by atoms with Gasteiger partial charge < -0.3 is 0 Å². The largest absolute Gasteiger partial charge is 0.298 e. The van der Waals surface area contributed by atoms with Crippen LogP contribution in [0.25, 0.3) is 0 Å². The molecule has 0 spiro atoms. The van der Waals surface area contributed by atoms with Crippen LogP contribution in [-0.4, -0.2) is 15.9 Å². The maximum atomic E-state index is 12.0. The second-order valence-electron chi connectivity index (χ2n) is 4.93. The maximum absolute atomic E-state index is 12.0. The Morgan fingerprint density at radius 2 is 2.21 bits per heavy atom. The molecule has 0 unspecified atom stereocenters. The van der Waals surface area contributed by atoms with Gasteiger partial charge in [-0.25, -0.2) is 4.98 Å². The predicted molar refractivity (Wildman–Crippen MR) is 75.5 cm³/mol. The molecule has 1 atom stereocenters. The molecule has 98 valence electrons. The Bertz CT molecular complexity index is 594. The van der Waals surface area contributed by atoms with E-state index >= 15 is 0 Å². The third-order valence-electron chi connectivity index (χ3n) is 3.35. The van der Waals surface area contributed by atoms with E-state index < -0.39 is 0 Å². The van der Waals surface area contributed by atoms with Crippen LogP contribution in [0, 0.1) is 5.92 Å². The summed E-state index contributed by atoms with van der Waals surface area (Å²) in [6, 6.07) is 3.40. The van der Waals surface area contributed by atoms with E-state index in [1.807, 2.05) is 0 Å². The van der Waals surface area contributed by atoms with Gasteiger partial charge in [0.15, 0.2) is 5.13 Å². The third kappa shape index (κ3) is 2.66. The minimum absolute atomic E-state index is 0.124. The van der Waals surface area contributed by atoms with Gasteiger partial charge >= 0.3 is 0 Å². The summed E-state index contributed by atoms with van der Waals surface area (Å²) in [6.07, 6.45) is 6.53. The van der Waals surface area contributed by atoms with Crippen molar-refractivity contribution in [1.82, 2.24) is 9.97 Å². The van der Waals surface area contributed by atoms with Crippen LogP contribution in [0.4, 0.5) is 5.13 Å². The summed E-state index contributed by atoms with van der Waals surface area (Å²) in [4.78, 5) is 21.8. The summed E-state index contributed by atoms with van der Waals surface area (Å²) in [5.74, 6) is 0.596. The van der Waals surface area contributed by atoms with Gasteiger partial charge in [-0.3, -0.25) is 15.1 Å². The van der Waals surface area contributed by atoms with E-state index in [2.05, 4.69) is 22.2 Å². The highest BCUT2D eigenvalue weighted by atomic mass is 32.1. The van der Waals surface area contributed by atoms with Crippen LogP contribution >= 0.6 is 11.3 Å². The standard InChI is InChI=1S/C14H15N3OS/c1-9-2-3-11-12(8-9)19-14(16-11)17-13(18)10-4-6-15-7-5-10/h4-7,9H,2-3,8H2,1H3,(H,16,17,18)/t9-/m0/s1. The Labute approximate surface area is 115 Å². The quantitative estimate of drug-likeness (QED) is 0.915. The lowest BCUT2D eigenvalue weighted by atomic mass is 9.93. The molecular weight excluding hydrogens is 258 g/mol. The SMILES string of the molecule is C[C@H]1CCc2nc(NC(=O)c3ccncc3)sc2C1. The predicted octanol–water partition coefficient (Wildman–Crippen LogP) is 2.92. The average molecular weight is 273 g/mol. The molecule has 1 aliphatic rings. The molecule has 0 saturated heterocycles. The number of aryl methyl sites for hydroxylation is 1. The van der Waals surface area contributed by atoms with Crippen molar-refractivity contribution in [2.24, 2.45) is 5.92 Å². The van der Waals surface area contributed by atoms with Gasteiger partial charge in [0.2, 0.25) is 0 Å². The molecule has 0 radical (unpaired) electrons. The smallest absolute Gasteiger partial charge is 0.257 e. The van der Waals surface area contributed by atoms with Crippen molar-refractivity contribution in [2.75, 3.05) is 5.32 Å². The number of aromatic nitrogens is 2. The zero-order valence-electron chi connectivity index (χ0n) is 10.7. The number of nitrogens with zero attached hydrogens (tertiary/aromatic N) is 2. The van der Waals surface area contributed by atoms with Crippen molar-refractivity contribution in [3.05, 3.63) is 40.7 Å². The van der Waals surface area contributed by atoms with Gasteiger partial charge in [0, 0.05) is 22.8 Å². The zero-order valence-corrected chi connectivity index (χ0v) is 11.5. The van der Waals surface area contributed by atoms with E-state index in [0.717, 1.165) is 24.5 Å². The zero-order chi connectivity index (χ0) is 13.2. The van der Waals surface area contributed by atoms with Gasteiger partial charge in [-0.05, 0) is 37.3 Å². The van der Waals surface area contributed by atoms with Gasteiger partial charge in [-0.1, -0.05) is 6.92 Å². The molecule has 0 aliphatic heterocycles. The minimum Gasteiger partial charge on any atom is -0.298 e. The fraction of sp³-hybridized carbons (Fsp3) is 0.357. The Morgan fingerprint density at radius 3 is 3.00 bits per heavy atom. The number of fused-ring (bicyclic) bond motifs is 1. The number of nitrogens with one attached hydrogen (secondary N) is 1. The van der Waals surface area contributed by atoms with Gasteiger partial charge in [0.1, 0.15) is 0 Å². The number of anilines is 1. The first-order valence-corrected chi connectivity index (χ1v) is 7.24. The number of carbonyl (C=O) groups is 1. The Morgan fingerprint density at radius 1 is 1.42 bits per heavy atom. The van der Waals surface area contributed by atoms with Crippen molar-refractivity contribution in [2.45, 2.75) is 26.2 Å². The fourth-order valence-corrected chi connectivity index (χ4v) is 3.43. The monoisotopic (exact) mass is 273 g/mol. The van der Waals surface area contributed by atoms with Gasteiger partial charge in [0.25, 0.3) is 5.91 Å². The summed E-state index contributed by atoms with van der Waals surface area (Å²) in [6.45, 7) is 2.26. The van der Waals surface area contributed by atoms with Gasteiger partial charge in [0.05, 0.1) is 5.69 Å². The minimum atomic E-state index is -0.124. The number of carbonyl (C=O) groups excluding carboxylic acids is 1. The van der Waals surface area contributed by atoms with Gasteiger partial charge in [-0.2, -0.15) is 0 Å². The number of pyridine rings is 1. The fourth-order valence-electron chi connectivity index (χ4n) is 2.27. The van der Waals surface area contributed by atoms with Crippen LogP contribution in [0.2, 0.25) is 0 Å². The molecule has 0 bridgehead atoms. The average Bonchev–Trinajstić information content (AvgIpc) is 2.81. The first-order chi connectivity index (χ1) is 9.22. The summed E-state index contributed by atoms with van der Waals surface area (Å²) in [5, 5.41) is 3.58. The molecule has 1 aliphatic carbocycles. The Kier molecular flexibility index (Phi) is 3.29. The number of amides is 1. The molecule has 2 aromatic rings. The van der Waals surface area contributed by atoms with Crippen molar-refractivity contribution < 1.29 is 4.79 Å². The molecule has 2 heterocycles. The summed E-state index contributed by atoms with van der Waals surface area (Å²) in [5.41, 5.74) is 1.77. The lowest BCUT2D eigenvalue weighted by molar-refractivity contribution is 0.102. The van der Waals surface area contributed by atoms with Gasteiger partial charge in [-0.15, -0.1) is 11.3 Å². The first kappa shape index (κ1) is 12.3. The molecule has 5 heteroatoms. The maximum Gasteiger partial charge on any atom is 0.257 e. The topological polar surface area (TPSA) is 54.9 Å². The molecule has 4 nitrogen and oxygen atoms in total. The molecule has 0 aromatic carbocycles. The highest BCUT2D eigenvalue weighted by Crippen LogP contribution is 2.32. The van der Waals surface area contributed by atoms with Crippen LogP contribution in [-0.2, 0) is 12.8 Å². The van der Waals surface area contributed by atoms with Crippen LogP contribution < -0.4 is 5.32 Å². The molecule has 19 heavy (non-hydrogen) atoms. The second-order valence-corrected chi connectivity index (χ2v) is 6.01. The Balaban J connectivity index is 1.76. The number of hydrogen-bond donors (Lipinski definition) is 1. The molecule has 2 aromatic heterocycles. The molecule has 0 fully saturated rings. The van der Waals surface area contributed by atoms with Crippen molar-refractivity contribution in [3.8, 4) is 0 Å². The molecule has 1 amide bonds. The van der Waals surface area contributed by atoms with E-state index in [1.54, 1.807) is 35.9 Å². The molecule has 0 saturated carbocycles. The Hall–Kier alpha value is -1.75. The molecular formula is C14H15N3OS. The van der Waals surface area contributed by atoms with Crippen LogP contribution in [0.15, 0.2) is 24.5 Å². The normalized spacial score (nSPS) is 17.8. The van der Waals surface area contributed by atoms with Crippen molar-refractivity contribution >= 4 is 22.4 Å². The highest BCUT2D eigenvalue weighted by Gasteiger charge is 2.20. The number of hydrogen-bond acceptors (Lipinski definition) is 4. The third-order valence-corrected chi connectivity index (χ3v) is 4.38. The van der Waals surface area contributed by atoms with E-state index in [1.165, 1.54) is 11.3 Å². The number of thiazole rings is 1. The lowest BCUT2D eigenvalue weighted by Gasteiger charge is -2.15. The summed E-state index contributed by atoms with van der Waals surface area (Å²) in [7, 11) is 0. The molecule has 1 N–H and O–H groups in total. The summed E-state index contributed by atoms with van der Waals surface area (Å²) >= 11 is 1.60. The summed E-state index contributed by atoms with van der Waals surface area (Å²) < 4.78 is 0. The van der Waals surface area contributed by atoms with E-state index in [-0.39, 0.29) is 5.91 Å². The van der Waals surface area contributed by atoms with Crippen LogP contribution in [0.5, 0.6) is 0 Å².